The molecular weight excluding hydrogens is 156 g/mol. The Labute approximate surface area is 74.3 Å². The first-order valence-corrected chi connectivity index (χ1v) is 5.06. The molecule has 3 atom stereocenters. The summed E-state index contributed by atoms with van der Waals surface area (Å²) in [5.41, 5.74) is 0.929. The number of fused-ring (bicyclic) bond motifs is 2. The van der Waals surface area contributed by atoms with Crippen LogP contribution in [0.2, 0.25) is 0 Å². The van der Waals surface area contributed by atoms with Gasteiger partial charge < -0.3 is 0 Å². The molecule has 0 aromatic carbocycles. The van der Waals surface area contributed by atoms with Crippen LogP contribution in [-0.2, 0) is 0 Å². The summed E-state index contributed by atoms with van der Waals surface area (Å²) in [4.78, 5) is 0. The molecule has 0 heterocycles. The Hall–Kier alpha value is 0.290. The lowest BCUT2D eigenvalue weighted by atomic mass is 9.71. The van der Waals surface area contributed by atoms with Gasteiger partial charge in [0, 0.05) is 5.38 Å². The molecule has 0 aliphatic heterocycles. The summed E-state index contributed by atoms with van der Waals surface area (Å²) >= 11 is 6.33. The molecular formula is C10H17Cl. The Morgan fingerprint density at radius 2 is 1.91 bits per heavy atom. The highest BCUT2D eigenvalue weighted by Crippen LogP contribution is 2.66. The van der Waals surface area contributed by atoms with E-state index in [1.807, 2.05) is 0 Å². The summed E-state index contributed by atoms with van der Waals surface area (Å²) in [6.07, 6.45) is 4.01. The van der Waals surface area contributed by atoms with E-state index in [1.54, 1.807) is 0 Å². The van der Waals surface area contributed by atoms with Gasteiger partial charge in [-0.15, -0.1) is 11.6 Å². The van der Waals surface area contributed by atoms with E-state index in [4.69, 9.17) is 11.6 Å². The van der Waals surface area contributed by atoms with Crippen LogP contribution in [0, 0.1) is 16.7 Å². The Kier molecular flexibility index (Phi) is 1.41. The van der Waals surface area contributed by atoms with Gasteiger partial charge in [-0.1, -0.05) is 20.8 Å². The van der Waals surface area contributed by atoms with Crippen LogP contribution in [0.5, 0.6) is 0 Å². The van der Waals surface area contributed by atoms with Crippen LogP contribution < -0.4 is 0 Å². The Morgan fingerprint density at radius 3 is 2.09 bits per heavy atom. The first-order valence-electron chi connectivity index (χ1n) is 4.62. The third-order valence-electron chi connectivity index (χ3n) is 4.69. The van der Waals surface area contributed by atoms with Gasteiger partial charge in [0.15, 0.2) is 0 Å². The van der Waals surface area contributed by atoms with Gasteiger partial charge in [0.25, 0.3) is 0 Å². The van der Waals surface area contributed by atoms with Crippen molar-refractivity contribution in [3.8, 4) is 0 Å². The van der Waals surface area contributed by atoms with Crippen LogP contribution in [0.3, 0.4) is 0 Å². The predicted molar refractivity (Wildman–Crippen MR) is 48.9 cm³/mol. The summed E-state index contributed by atoms with van der Waals surface area (Å²) < 4.78 is 0. The van der Waals surface area contributed by atoms with Gasteiger partial charge in [0.2, 0.25) is 0 Å². The molecule has 0 radical (unpaired) electrons. The van der Waals surface area contributed by atoms with Gasteiger partial charge in [-0.05, 0) is 36.0 Å². The third kappa shape index (κ3) is 0.722. The first-order chi connectivity index (χ1) is 4.98. The van der Waals surface area contributed by atoms with Crippen LogP contribution in [-0.4, -0.2) is 5.38 Å². The van der Waals surface area contributed by atoms with Crippen LogP contribution >= 0.6 is 11.6 Å². The zero-order valence-electron chi connectivity index (χ0n) is 7.65. The molecule has 2 bridgehead atoms. The molecule has 0 saturated heterocycles. The first kappa shape index (κ1) is 7.91. The molecule has 0 amide bonds. The average Bonchev–Trinajstić information content (AvgIpc) is 2.20. The minimum Gasteiger partial charge on any atom is -0.122 e. The standard InChI is InChI=1S/C10H17Cl/c1-9(2)7-4-5-10(9,3)8(11)6-7/h7-8H,4-6H2,1-3H3/t7?,8-,10+/m0/s1. The van der Waals surface area contributed by atoms with Crippen LogP contribution in [0.25, 0.3) is 0 Å². The predicted octanol–water partition coefficient (Wildman–Crippen LogP) is 3.44. The largest absolute Gasteiger partial charge is 0.122 e. The molecule has 2 rings (SSSR count). The van der Waals surface area contributed by atoms with Crippen molar-refractivity contribution in [2.45, 2.75) is 45.4 Å². The van der Waals surface area contributed by atoms with Gasteiger partial charge in [-0.2, -0.15) is 0 Å². The zero-order chi connectivity index (χ0) is 8.28. The van der Waals surface area contributed by atoms with Gasteiger partial charge >= 0.3 is 0 Å². The fourth-order valence-electron chi connectivity index (χ4n) is 3.11. The summed E-state index contributed by atoms with van der Waals surface area (Å²) in [6.45, 7) is 7.16. The molecule has 2 aliphatic carbocycles. The lowest BCUT2D eigenvalue weighted by Gasteiger charge is -2.36. The molecule has 0 spiro atoms. The molecule has 2 fully saturated rings. The van der Waals surface area contributed by atoms with E-state index in [-0.39, 0.29) is 0 Å². The Bertz CT molecular complexity index is 185. The number of alkyl halides is 1. The fraction of sp³-hybridized carbons (Fsp3) is 1.00. The quantitative estimate of drug-likeness (QED) is 0.491. The second kappa shape index (κ2) is 1.96. The van der Waals surface area contributed by atoms with Crippen molar-refractivity contribution < 1.29 is 0 Å². The minimum absolute atomic E-state index is 0.430. The molecule has 1 unspecified atom stereocenters. The summed E-state index contributed by atoms with van der Waals surface area (Å²) in [5.74, 6) is 0.898. The monoisotopic (exact) mass is 172 g/mol. The molecule has 2 aliphatic rings. The zero-order valence-corrected chi connectivity index (χ0v) is 8.41. The second-order valence-electron chi connectivity index (χ2n) is 5.08. The lowest BCUT2D eigenvalue weighted by Crippen LogP contribution is -2.32. The van der Waals surface area contributed by atoms with E-state index >= 15 is 0 Å². The molecule has 0 aromatic rings. The van der Waals surface area contributed by atoms with Crippen molar-refractivity contribution in [3.05, 3.63) is 0 Å². The summed E-state index contributed by atoms with van der Waals surface area (Å²) in [5, 5.41) is 0.441. The van der Waals surface area contributed by atoms with Crippen LogP contribution in [0.4, 0.5) is 0 Å². The molecule has 2 saturated carbocycles. The average molecular weight is 173 g/mol. The summed E-state index contributed by atoms with van der Waals surface area (Å²) in [6, 6.07) is 0. The van der Waals surface area contributed by atoms with Gasteiger partial charge in [0.05, 0.1) is 0 Å². The van der Waals surface area contributed by atoms with Crippen molar-refractivity contribution in [2.75, 3.05) is 0 Å². The lowest BCUT2D eigenvalue weighted by molar-refractivity contribution is 0.155. The second-order valence-corrected chi connectivity index (χ2v) is 5.60. The number of hydrogen-bond acceptors (Lipinski definition) is 0. The van der Waals surface area contributed by atoms with Crippen molar-refractivity contribution in [3.63, 3.8) is 0 Å². The fourth-order valence-corrected chi connectivity index (χ4v) is 3.71. The van der Waals surface area contributed by atoms with Crippen molar-refractivity contribution in [1.82, 2.24) is 0 Å². The van der Waals surface area contributed by atoms with Crippen molar-refractivity contribution >= 4 is 11.6 Å². The van der Waals surface area contributed by atoms with E-state index in [1.165, 1.54) is 19.3 Å². The van der Waals surface area contributed by atoms with E-state index < -0.39 is 0 Å². The van der Waals surface area contributed by atoms with E-state index in [0.717, 1.165) is 5.92 Å². The smallest absolute Gasteiger partial charge is 0.0397 e. The van der Waals surface area contributed by atoms with Crippen LogP contribution in [0.15, 0.2) is 0 Å². The maximum Gasteiger partial charge on any atom is 0.0397 e. The highest BCUT2D eigenvalue weighted by Gasteiger charge is 2.60. The van der Waals surface area contributed by atoms with Gasteiger partial charge in [0.1, 0.15) is 0 Å². The van der Waals surface area contributed by atoms with Gasteiger partial charge in [-0.3, -0.25) is 0 Å². The van der Waals surface area contributed by atoms with E-state index in [0.29, 0.717) is 16.2 Å². The highest BCUT2D eigenvalue weighted by atomic mass is 35.5. The van der Waals surface area contributed by atoms with E-state index in [9.17, 15) is 0 Å². The summed E-state index contributed by atoms with van der Waals surface area (Å²) in [7, 11) is 0. The number of halogens is 1. The van der Waals surface area contributed by atoms with Crippen molar-refractivity contribution in [1.29, 1.82) is 0 Å². The number of hydrogen-bond donors (Lipinski definition) is 0. The number of rotatable bonds is 0. The normalized spacial score (nSPS) is 53.5. The third-order valence-corrected chi connectivity index (χ3v) is 5.35. The molecule has 11 heavy (non-hydrogen) atoms. The maximum atomic E-state index is 6.33. The van der Waals surface area contributed by atoms with E-state index in [2.05, 4.69) is 20.8 Å². The van der Waals surface area contributed by atoms with Crippen molar-refractivity contribution in [2.24, 2.45) is 16.7 Å². The molecule has 1 heteroatoms. The van der Waals surface area contributed by atoms with Gasteiger partial charge in [-0.25, -0.2) is 0 Å². The molecule has 0 aromatic heterocycles. The minimum atomic E-state index is 0.430. The maximum absolute atomic E-state index is 6.33. The molecule has 64 valence electrons. The molecule has 0 N–H and O–H groups in total. The van der Waals surface area contributed by atoms with Crippen LogP contribution in [0.1, 0.15) is 40.0 Å². The highest BCUT2D eigenvalue weighted by molar-refractivity contribution is 6.21. The Morgan fingerprint density at radius 1 is 1.27 bits per heavy atom. The Balaban J connectivity index is 2.40. The molecule has 0 nitrogen and oxygen atoms in total. The SMILES string of the molecule is CC1(C)C2CC[C@]1(C)[C@@H](Cl)C2. The topological polar surface area (TPSA) is 0 Å².